The van der Waals surface area contributed by atoms with Gasteiger partial charge in [-0.25, -0.2) is 24.5 Å². The van der Waals surface area contributed by atoms with E-state index in [0.29, 0.717) is 33.9 Å². The van der Waals surface area contributed by atoms with E-state index in [-0.39, 0.29) is 25.6 Å². The third-order valence-corrected chi connectivity index (χ3v) is 7.81. The van der Waals surface area contributed by atoms with Crippen molar-refractivity contribution in [3.05, 3.63) is 89.0 Å². The molecule has 14 heteroatoms. The lowest BCUT2D eigenvalue weighted by Gasteiger charge is -2.20. The van der Waals surface area contributed by atoms with E-state index in [0.717, 1.165) is 5.56 Å². The van der Waals surface area contributed by atoms with Gasteiger partial charge < -0.3 is 29.0 Å². The summed E-state index contributed by atoms with van der Waals surface area (Å²) in [7, 11) is 0. The Morgan fingerprint density at radius 3 is 2.65 bits per heavy atom. The van der Waals surface area contributed by atoms with Crippen LogP contribution in [0.15, 0.2) is 67.3 Å². The predicted octanol–water partition coefficient (Wildman–Crippen LogP) is 4.74. The lowest BCUT2D eigenvalue weighted by molar-refractivity contribution is -0.139. The van der Waals surface area contributed by atoms with E-state index in [1.165, 1.54) is 6.33 Å². The fraction of sp³-hybridized carbons (Fsp3) is 0.344. The Balaban J connectivity index is 1.24. The van der Waals surface area contributed by atoms with Crippen molar-refractivity contribution < 1.29 is 33.3 Å². The first kappa shape index (κ1) is 31.6. The minimum atomic E-state index is -0.693. The molecule has 2 aliphatic rings. The predicted molar refractivity (Wildman–Crippen MR) is 168 cm³/mol. The number of esters is 1. The van der Waals surface area contributed by atoms with E-state index in [1.807, 2.05) is 49.4 Å². The number of ether oxygens (including phenoxy) is 5. The topological polar surface area (TPSA) is 148 Å². The molecule has 2 fully saturated rings. The fourth-order valence-electron chi connectivity index (χ4n) is 5.39. The summed E-state index contributed by atoms with van der Waals surface area (Å²) in [5, 5.41) is 5.77. The molecular weight excluding hydrogens is 616 g/mol. The number of urea groups is 1. The van der Waals surface area contributed by atoms with Crippen LogP contribution in [0.3, 0.4) is 0 Å². The molecule has 0 saturated carbocycles. The largest absolute Gasteiger partial charge is 0.462 e. The average molecular weight is 649 g/mol. The van der Waals surface area contributed by atoms with Crippen LogP contribution in [-0.4, -0.2) is 75.9 Å². The third-order valence-electron chi connectivity index (χ3n) is 7.46. The van der Waals surface area contributed by atoms with Gasteiger partial charge in [-0.05, 0) is 37.6 Å². The molecule has 0 bridgehead atoms. The molecule has 0 spiro atoms. The van der Waals surface area contributed by atoms with Crippen molar-refractivity contribution >= 4 is 46.7 Å². The maximum atomic E-state index is 12.5. The number of hydrogen-bond acceptors (Lipinski definition) is 10. The van der Waals surface area contributed by atoms with Gasteiger partial charge in [0.15, 0.2) is 29.5 Å². The highest BCUT2D eigenvalue weighted by Gasteiger charge is 2.53. The van der Waals surface area contributed by atoms with Gasteiger partial charge in [-0.15, -0.1) is 0 Å². The molecule has 4 heterocycles. The maximum Gasteiger partial charge on any atom is 0.338 e. The van der Waals surface area contributed by atoms with Gasteiger partial charge in [-0.3, -0.25) is 9.88 Å². The molecule has 0 radical (unpaired) electrons. The van der Waals surface area contributed by atoms with E-state index < -0.39 is 42.8 Å². The summed E-state index contributed by atoms with van der Waals surface area (Å²) in [5.41, 5.74) is 2.68. The number of aromatic nitrogens is 4. The van der Waals surface area contributed by atoms with Crippen molar-refractivity contribution in [3.63, 3.8) is 0 Å². The van der Waals surface area contributed by atoms with Gasteiger partial charge in [0.2, 0.25) is 0 Å². The Hall–Kier alpha value is -4.40. The quantitative estimate of drug-likeness (QED) is 0.219. The van der Waals surface area contributed by atoms with E-state index in [4.69, 9.17) is 35.3 Å². The second kappa shape index (κ2) is 14.4. The van der Waals surface area contributed by atoms with Gasteiger partial charge >= 0.3 is 12.0 Å². The first-order valence-electron chi connectivity index (χ1n) is 14.9. The molecule has 2 amide bonds. The van der Waals surface area contributed by atoms with E-state index in [9.17, 15) is 9.59 Å². The minimum Gasteiger partial charge on any atom is -0.462 e. The number of anilines is 1. The van der Waals surface area contributed by atoms with Gasteiger partial charge in [0.1, 0.15) is 24.6 Å². The van der Waals surface area contributed by atoms with Crippen LogP contribution in [0.2, 0.25) is 5.02 Å². The van der Waals surface area contributed by atoms with E-state index in [2.05, 4.69) is 25.6 Å². The lowest BCUT2D eigenvalue weighted by Crippen LogP contribution is -2.32. The SMILES string of the molecule is CCNC(=O)Nc1ncnc2c1ncn2C1OC(COCc2c(Cl)cccc2C(=O)OCC)C2O[C@H](/C=C/c3ccccc3)OC21. The van der Waals surface area contributed by atoms with Crippen molar-refractivity contribution in [1.29, 1.82) is 0 Å². The number of rotatable bonds is 11. The normalized spacial score (nSPS) is 22.3. The van der Waals surface area contributed by atoms with Gasteiger partial charge in [-0.2, -0.15) is 0 Å². The molecule has 2 aromatic carbocycles. The number of carbonyl (C=O) groups is 2. The number of halogens is 1. The van der Waals surface area contributed by atoms with Crippen LogP contribution >= 0.6 is 11.6 Å². The standard InChI is InChI=1S/C32H33ClN6O7/c1-3-34-32(41)38-28-25-29(36-17-35-28)39(18-37-25)30-27-26(45-24(46-27)14-13-19-9-6-5-7-10-19)23(44-30)16-42-15-21-20(31(40)43-4-2)11-8-12-22(21)33/h5-14,17-18,23-24,26-27,30H,3-4,15-16H2,1-2H3,(H2,34,35,36,38,41)/b14-13+/t23?,24-,26?,27?,30?/m0/s1. The van der Waals surface area contributed by atoms with Crippen LogP contribution in [0.4, 0.5) is 10.6 Å². The number of carbonyl (C=O) groups excluding carboxylic acids is 2. The Morgan fingerprint density at radius 2 is 1.85 bits per heavy atom. The highest BCUT2D eigenvalue weighted by molar-refractivity contribution is 6.31. The van der Waals surface area contributed by atoms with Gasteiger partial charge in [-0.1, -0.05) is 54.1 Å². The highest BCUT2D eigenvalue weighted by Crippen LogP contribution is 2.41. The summed E-state index contributed by atoms with van der Waals surface area (Å²) in [6.45, 7) is 4.40. The van der Waals surface area contributed by atoms with Crippen LogP contribution in [-0.2, 0) is 30.3 Å². The van der Waals surface area contributed by atoms with Crippen molar-refractivity contribution in [3.8, 4) is 0 Å². The summed E-state index contributed by atoms with van der Waals surface area (Å²) in [5.74, 6) is -0.218. The number of amides is 2. The number of benzene rings is 2. The zero-order valence-corrected chi connectivity index (χ0v) is 25.9. The number of nitrogens with one attached hydrogen (secondary N) is 2. The van der Waals surface area contributed by atoms with Crippen molar-refractivity contribution in [2.45, 2.75) is 51.3 Å². The first-order valence-corrected chi connectivity index (χ1v) is 15.3. The van der Waals surface area contributed by atoms with Crippen molar-refractivity contribution in [2.75, 3.05) is 25.1 Å². The molecule has 2 saturated heterocycles. The molecule has 2 N–H and O–H groups in total. The first-order chi connectivity index (χ1) is 22.5. The molecule has 2 aromatic heterocycles. The molecule has 46 heavy (non-hydrogen) atoms. The summed E-state index contributed by atoms with van der Waals surface area (Å²) >= 11 is 6.45. The van der Waals surface area contributed by atoms with Crippen LogP contribution in [0.25, 0.3) is 17.2 Å². The summed E-state index contributed by atoms with van der Waals surface area (Å²) in [6.07, 6.45) is 3.71. The van der Waals surface area contributed by atoms with Crippen LogP contribution in [0.1, 0.15) is 41.6 Å². The summed E-state index contributed by atoms with van der Waals surface area (Å²) in [6, 6.07) is 14.5. The Morgan fingerprint density at radius 1 is 1.02 bits per heavy atom. The van der Waals surface area contributed by atoms with Gasteiger partial charge in [0.05, 0.1) is 31.7 Å². The van der Waals surface area contributed by atoms with Gasteiger partial charge in [0.25, 0.3) is 0 Å². The molecule has 2 aliphatic heterocycles. The zero-order valence-electron chi connectivity index (χ0n) is 25.2. The molecular formula is C32H33ClN6O7. The summed E-state index contributed by atoms with van der Waals surface area (Å²) < 4.78 is 32.2. The second-order valence-electron chi connectivity index (χ2n) is 10.4. The Kier molecular flexibility index (Phi) is 9.85. The highest BCUT2D eigenvalue weighted by atomic mass is 35.5. The third kappa shape index (κ3) is 6.73. The summed E-state index contributed by atoms with van der Waals surface area (Å²) in [4.78, 5) is 37.8. The molecule has 0 aliphatic carbocycles. The molecule has 5 atom stereocenters. The smallest absolute Gasteiger partial charge is 0.338 e. The van der Waals surface area contributed by atoms with E-state index in [1.54, 1.807) is 36.0 Å². The van der Waals surface area contributed by atoms with E-state index >= 15 is 0 Å². The van der Waals surface area contributed by atoms with Crippen LogP contribution in [0, 0.1) is 0 Å². The maximum absolute atomic E-state index is 12.5. The molecule has 4 unspecified atom stereocenters. The number of nitrogens with zero attached hydrogens (tertiary/aromatic N) is 4. The zero-order chi connectivity index (χ0) is 32.0. The second-order valence-corrected chi connectivity index (χ2v) is 10.8. The average Bonchev–Trinajstić information content (AvgIpc) is 3.76. The van der Waals surface area contributed by atoms with Crippen LogP contribution in [0.5, 0.6) is 0 Å². The number of imidazole rings is 1. The number of fused-ring (bicyclic) bond motifs is 2. The molecule has 6 rings (SSSR count). The monoisotopic (exact) mass is 648 g/mol. The van der Waals surface area contributed by atoms with Crippen molar-refractivity contribution in [2.24, 2.45) is 0 Å². The van der Waals surface area contributed by atoms with Gasteiger partial charge in [0, 0.05) is 17.1 Å². The minimum absolute atomic E-state index is 0.0456. The molecule has 13 nitrogen and oxygen atoms in total. The van der Waals surface area contributed by atoms with Crippen molar-refractivity contribution in [1.82, 2.24) is 24.8 Å². The number of hydrogen-bond donors (Lipinski definition) is 2. The van der Waals surface area contributed by atoms with Crippen LogP contribution < -0.4 is 10.6 Å². The molecule has 240 valence electrons. The molecule has 4 aromatic rings. The Bertz CT molecular complexity index is 1720. The fourth-order valence-corrected chi connectivity index (χ4v) is 5.62. The lowest BCUT2D eigenvalue weighted by atomic mass is 10.1. The Labute approximate surface area is 269 Å².